The van der Waals surface area contributed by atoms with Gasteiger partial charge in [-0.1, -0.05) is 6.07 Å². The molecule has 1 atom stereocenters. The lowest BCUT2D eigenvalue weighted by molar-refractivity contribution is 0.664. The number of nitrogens with one attached hydrogen (secondary N) is 1. The number of anilines is 1. The maximum absolute atomic E-state index is 4.78. The second-order valence-electron chi connectivity index (χ2n) is 5.99. The van der Waals surface area contributed by atoms with Crippen molar-refractivity contribution in [2.45, 2.75) is 32.7 Å². The fraction of sp³-hybridized carbons (Fsp3) is 0.353. The summed E-state index contributed by atoms with van der Waals surface area (Å²) >= 11 is 0. The molecule has 0 radical (unpaired) electrons. The Morgan fingerprint density at radius 3 is 2.95 bits per heavy atom. The third-order valence-corrected chi connectivity index (χ3v) is 4.26. The van der Waals surface area contributed by atoms with Crippen LogP contribution >= 0.6 is 0 Å². The average molecular weight is 293 g/mol. The van der Waals surface area contributed by atoms with Crippen LogP contribution in [-0.2, 0) is 0 Å². The zero-order valence-electron chi connectivity index (χ0n) is 12.9. The number of aryl methyl sites for hydroxylation is 2. The first-order valence-electron chi connectivity index (χ1n) is 7.73. The summed E-state index contributed by atoms with van der Waals surface area (Å²) in [4.78, 5) is 19.5. The normalized spacial score (nSPS) is 18.3. The van der Waals surface area contributed by atoms with Gasteiger partial charge in [0.15, 0.2) is 0 Å². The summed E-state index contributed by atoms with van der Waals surface area (Å²) in [6.07, 6.45) is 4.04. The molecular weight excluding hydrogens is 274 g/mol. The number of benzene rings is 1. The Morgan fingerprint density at radius 1 is 1.18 bits per heavy atom. The molecule has 5 heteroatoms. The van der Waals surface area contributed by atoms with Crippen molar-refractivity contribution in [3.8, 4) is 0 Å². The summed E-state index contributed by atoms with van der Waals surface area (Å²) in [5, 5.41) is 0. The van der Waals surface area contributed by atoms with Gasteiger partial charge in [0.05, 0.1) is 17.1 Å². The van der Waals surface area contributed by atoms with Gasteiger partial charge in [0.2, 0.25) is 5.95 Å². The fourth-order valence-corrected chi connectivity index (χ4v) is 3.17. The third kappa shape index (κ3) is 2.22. The van der Waals surface area contributed by atoms with Crippen molar-refractivity contribution in [1.29, 1.82) is 0 Å². The number of nitrogens with zero attached hydrogens (tertiary/aromatic N) is 4. The molecule has 3 aromatic rings. The maximum Gasteiger partial charge on any atom is 0.226 e. The van der Waals surface area contributed by atoms with E-state index in [1.165, 1.54) is 5.56 Å². The van der Waals surface area contributed by atoms with Crippen LogP contribution in [0.2, 0.25) is 0 Å². The highest BCUT2D eigenvalue weighted by Gasteiger charge is 2.30. The molecule has 1 fully saturated rings. The number of hydrogen-bond acceptors (Lipinski definition) is 4. The van der Waals surface area contributed by atoms with Crippen LogP contribution in [0.4, 0.5) is 5.95 Å². The van der Waals surface area contributed by atoms with E-state index in [4.69, 9.17) is 4.98 Å². The molecular formula is C17H19N5. The van der Waals surface area contributed by atoms with Crippen LogP contribution in [-0.4, -0.2) is 26.5 Å². The van der Waals surface area contributed by atoms with Crippen LogP contribution < -0.4 is 4.90 Å². The van der Waals surface area contributed by atoms with Crippen molar-refractivity contribution in [3.05, 3.63) is 47.5 Å². The summed E-state index contributed by atoms with van der Waals surface area (Å²) in [7, 11) is 0. The molecule has 0 bridgehead atoms. The fourth-order valence-electron chi connectivity index (χ4n) is 3.17. The van der Waals surface area contributed by atoms with E-state index in [9.17, 15) is 0 Å². The minimum absolute atomic E-state index is 0.231. The van der Waals surface area contributed by atoms with Gasteiger partial charge in [0.1, 0.15) is 5.82 Å². The first-order valence-corrected chi connectivity index (χ1v) is 7.73. The second kappa shape index (κ2) is 5.09. The standard InChI is InChI=1S/C17H19N5/c1-11-5-6-13-14(10-11)21-16(20-13)15-4-3-9-22(15)17-18-8-7-12(2)19-17/h5-8,10,15H,3-4,9H2,1-2H3,(H,20,21)/t15-/m0/s1. The van der Waals surface area contributed by atoms with Crippen molar-refractivity contribution in [3.63, 3.8) is 0 Å². The van der Waals surface area contributed by atoms with Crippen molar-refractivity contribution >= 4 is 17.0 Å². The summed E-state index contributed by atoms with van der Waals surface area (Å²) in [6.45, 7) is 5.08. The summed E-state index contributed by atoms with van der Waals surface area (Å²) in [5.74, 6) is 1.82. The van der Waals surface area contributed by atoms with Gasteiger partial charge in [-0.3, -0.25) is 0 Å². The summed E-state index contributed by atoms with van der Waals surface area (Å²) < 4.78 is 0. The molecule has 1 N–H and O–H groups in total. The minimum Gasteiger partial charge on any atom is -0.340 e. The number of aromatic nitrogens is 4. The van der Waals surface area contributed by atoms with Gasteiger partial charge in [-0.15, -0.1) is 0 Å². The number of H-pyrrole nitrogens is 1. The highest BCUT2D eigenvalue weighted by Crippen LogP contribution is 2.33. The lowest BCUT2D eigenvalue weighted by Gasteiger charge is -2.23. The van der Waals surface area contributed by atoms with Gasteiger partial charge in [0, 0.05) is 18.4 Å². The van der Waals surface area contributed by atoms with Crippen LogP contribution in [0.5, 0.6) is 0 Å². The van der Waals surface area contributed by atoms with E-state index in [1.54, 1.807) is 0 Å². The van der Waals surface area contributed by atoms with Crippen LogP contribution in [0.1, 0.15) is 36.0 Å². The number of aromatic amines is 1. The van der Waals surface area contributed by atoms with E-state index < -0.39 is 0 Å². The Hall–Kier alpha value is -2.43. The second-order valence-corrected chi connectivity index (χ2v) is 5.99. The maximum atomic E-state index is 4.78. The van der Waals surface area contributed by atoms with Crippen LogP contribution in [0.25, 0.3) is 11.0 Å². The van der Waals surface area contributed by atoms with E-state index in [0.717, 1.165) is 47.9 Å². The highest BCUT2D eigenvalue weighted by molar-refractivity contribution is 5.76. The molecule has 0 spiro atoms. The molecule has 1 saturated heterocycles. The Labute approximate surface area is 129 Å². The monoisotopic (exact) mass is 293 g/mol. The molecule has 1 aliphatic rings. The zero-order chi connectivity index (χ0) is 15.1. The van der Waals surface area contributed by atoms with E-state index in [-0.39, 0.29) is 6.04 Å². The molecule has 1 aliphatic heterocycles. The minimum atomic E-state index is 0.231. The van der Waals surface area contributed by atoms with Gasteiger partial charge < -0.3 is 9.88 Å². The van der Waals surface area contributed by atoms with Gasteiger partial charge in [0.25, 0.3) is 0 Å². The number of hydrogen-bond donors (Lipinski definition) is 1. The quantitative estimate of drug-likeness (QED) is 0.787. The molecule has 0 saturated carbocycles. The number of imidazole rings is 1. The molecule has 22 heavy (non-hydrogen) atoms. The zero-order valence-corrected chi connectivity index (χ0v) is 12.9. The van der Waals surface area contributed by atoms with Crippen molar-refractivity contribution in [2.24, 2.45) is 0 Å². The first kappa shape index (κ1) is 13.2. The summed E-state index contributed by atoms with van der Waals surface area (Å²) in [5.41, 5.74) is 4.37. The topological polar surface area (TPSA) is 57.7 Å². The molecule has 0 amide bonds. The van der Waals surface area contributed by atoms with Gasteiger partial charge in [-0.05, 0) is 50.5 Å². The van der Waals surface area contributed by atoms with E-state index in [2.05, 4.69) is 45.0 Å². The molecule has 0 aliphatic carbocycles. The SMILES string of the molecule is Cc1ccc2nc([C@@H]3CCCN3c3nccc(C)n3)[nH]c2c1. The van der Waals surface area contributed by atoms with Gasteiger partial charge >= 0.3 is 0 Å². The van der Waals surface area contributed by atoms with Crippen LogP contribution in [0.15, 0.2) is 30.5 Å². The lowest BCUT2D eigenvalue weighted by Crippen LogP contribution is -2.25. The molecule has 0 unspecified atom stereocenters. The van der Waals surface area contributed by atoms with Gasteiger partial charge in [-0.2, -0.15) is 0 Å². The Bertz CT molecular complexity index is 823. The Kier molecular flexibility index (Phi) is 3.06. The Balaban J connectivity index is 1.73. The molecule has 4 rings (SSSR count). The lowest BCUT2D eigenvalue weighted by atomic mass is 10.2. The highest BCUT2D eigenvalue weighted by atomic mass is 15.3. The molecule has 3 heterocycles. The predicted octanol–water partition coefficient (Wildman–Crippen LogP) is 3.31. The summed E-state index contributed by atoms with van der Waals surface area (Å²) in [6, 6.07) is 8.48. The smallest absolute Gasteiger partial charge is 0.226 e. The first-order chi connectivity index (χ1) is 10.7. The van der Waals surface area contributed by atoms with Crippen molar-refractivity contribution in [2.75, 3.05) is 11.4 Å². The predicted molar refractivity (Wildman–Crippen MR) is 86.9 cm³/mol. The van der Waals surface area contributed by atoms with E-state index in [1.807, 2.05) is 19.2 Å². The van der Waals surface area contributed by atoms with E-state index >= 15 is 0 Å². The molecule has 5 nitrogen and oxygen atoms in total. The number of fused-ring (bicyclic) bond motifs is 1. The largest absolute Gasteiger partial charge is 0.340 e. The number of rotatable bonds is 2. The van der Waals surface area contributed by atoms with Crippen molar-refractivity contribution < 1.29 is 0 Å². The van der Waals surface area contributed by atoms with E-state index in [0.29, 0.717) is 0 Å². The average Bonchev–Trinajstić information content (AvgIpc) is 3.12. The Morgan fingerprint density at radius 2 is 2.09 bits per heavy atom. The molecule has 2 aromatic heterocycles. The van der Waals surface area contributed by atoms with Gasteiger partial charge in [-0.25, -0.2) is 15.0 Å². The van der Waals surface area contributed by atoms with Crippen LogP contribution in [0, 0.1) is 13.8 Å². The van der Waals surface area contributed by atoms with Crippen molar-refractivity contribution in [1.82, 2.24) is 19.9 Å². The van der Waals surface area contributed by atoms with Crippen LogP contribution in [0.3, 0.4) is 0 Å². The third-order valence-electron chi connectivity index (χ3n) is 4.26. The molecule has 1 aromatic carbocycles. The molecule has 112 valence electrons.